The Morgan fingerprint density at radius 2 is 1.37 bits per heavy atom. The van der Waals surface area contributed by atoms with Gasteiger partial charge in [-0.1, -0.05) is 66.7 Å². The minimum absolute atomic E-state index is 0.0136. The lowest BCUT2D eigenvalue weighted by Gasteiger charge is -2.22. The normalized spacial score (nSPS) is 13.0. The largest absolute Gasteiger partial charge is 0.497 e. The molecule has 11 nitrogen and oxygen atoms in total. The standard InChI is InChI=1S/C31H34N4O7S/c1-20(36)16-28(43(33,40)41)24-12-8-22(9-13-24)17-26(30(32)38)35-31(39)27(18-21-6-4-3-5-7-21)34-29(37)19-23-10-14-25(42-2)15-11-23/h3-16,26-27H,17-19H2,1-2H3,(H2,32,38)(H,34,37)(H,35,39)(H2,33,40,41)/b28-16-/t26-,27?/m0/s1. The average Bonchev–Trinajstić information content (AvgIpc) is 2.96. The highest BCUT2D eigenvalue weighted by Gasteiger charge is 2.26. The van der Waals surface area contributed by atoms with Gasteiger partial charge in [-0.05, 0) is 41.3 Å². The first kappa shape index (κ1) is 32.7. The van der Waals surface area contributed by atoms with E-state index >= 15 is 0 Å². The van der Waals surface area contributed by atoms with E-state index in [0.717, 1.165) is 17.2 Å². The predicted octanol–water partition coefficient (Wildman–Crippen LogP) is 1.40. The molecule has 0 aromatic heterocycles. The summed E-state index contributed by atoms with van der Waals surface area (Å²) in [5, 5.41) is 10.7. The van der Waals surface area contributed by atoms with Crippen molar-refractivity contribution in [1.82, 2.24) is 10.6 Å². The van der Waals surface area contributed by atoms with Crippen molar-refractivity contribution in [2.45, 2.75) is 38.3 Å². The Labute approximate surface area is 250 Å². The fraction of sp³-hybridized carbons (Fsp3) is 0.226. The van der Waals surface area contributed by atoms with Gasteiger partial charge >= 0.3 is 0 Å². The molecule has 0 aliphatic rings. The van der Waals surface area contributed by atoms with Crippen molar-refractivity contribution in [2.24, 2.45) is 10.9 Å². The van der Waals surface area contributed by atoms with Crippen molar-refractivity contribution in [2.75, 3.05) is 7.11 Å². The van der Waals surface area contributed by atoms with E-state index in [-0.39, 0.29) is 29.7 Å². The number of carbonyl (C=O) groups excluding carboxylic acids is 4. The van der Waals surface area contributed by atoms with Gasteiger partial charge in [0.05, 0.1) is 18.4 Å². The summed E-state index contributed by atoms with van der Waals surface area (Å²) in [6.07, 6.45) is 1.10. The van der Waals surface area contributed by atoms with Crippen LogP contribution >= 0.6 is 0 Å². The van der Waals surface area contributed by atoms with Crippen LogP contribution in [0.2, 0.25) is 0 Å². The average molecular weight is 607 g/mol. The van der Waals surface area contributed by atoms with E-state index in [2.05, 4.69) is 10.6 Å². The van der Waals surface area contributed by atoms with E-state index in [4.69, 9.17) is 15.6 Å². The van der Waals surface area contributed by atoms with Crippen LogP contribution in [0, 0.1) is 0 Å². The highest BCUT2D eigenvalue weighted by molar-refractivity contribution is 7.98. The molecule has 1 unspecified atom stereocenters. The number of ketones is 1. The lowest BCUT2D eigenvalue weighted by atomic mass is 10.0. The summed E-state index contributed by atoms with van der Waals surface area (Å²) < 4.78 is 29.1. The second-order valence-corrected chi connectivity index (χ2v) is 11.4. The van der Waals surface area contributed by atoms with Crippen LogP contribution in [0.25, 0.3) is 4.91 Å². The van der Waals surface area contributed by atoms with Crippen LogP contribution < -0.4 is 26.2 Å². The molecule has 0 saturated carbocycles. The number of amides is 3. The number of benzene rings is 3. The third-order valence-corrected chi connectivity index (χ3v) is 7.40. The fourth-order valence-electron chi connectivity index (χ4n) is 4.28. The molecule has 6 N–H and O–H groups in total. The van der Waals surface area contributed by atoms with Gasteiger partial charge in [0, 0.05) is 18.9 Å². The van der Waals surface area contributed by atoms with E-state index in [1.54, 1.807) is 31.4 Å². The van der Waals surface area contributed by atoms with E-state index < -0.39 is 45.6 Å². The lowest BCUT2D eigenvalue weighted by molar-refractivity contribution is -0.131. The molecular formula is C31H34N4O7S. The SMILES string of the molecule is COc1ccc(CC(=O)NC(Cc2ccccc2)C(=O)N[C@@H](Cc2ccc(/C(=C/C(C)=O)S(N)(=O)=O)cc2)C(N)=O)cc1. The zero-order valence-electron chi connectivity index (χ0n) is 23.8. The van der Waals surface area contributed by atoms with Crippen molar-refractivity contribution in [3.63, 3.8) is 0 Å². The number of primary amides is 1. The molecule has 0 saturated heterocycles. The van der Waals surface area contributed by atoms with Gasteiger partial charge in [0.2, 0.25) is 27.7 Å². The van der Waals surface area contributed by atoms with Gasteiger partial charge < -0.3 is 21.1 Å². The number of allylic oxidation sites excluding steroid dienone is 1. The molecule has 3 aromatic carbocycles. The number of carbonyl (C=O) groups is 4. The summed E-state index contributed by atoms with van der Waals surface area (Å²) in [6, 6.07) is 19.9. The summed E-state index contributed by atoms with van der Waals surface area (Å²) in [7, 11) is -2.64. The van der Waals surface area contributed by atoms with Crippen LogP contribution in [0.3, 0.4) is 0 Å². The maximum absolute atomic E-state index is 13.4. The molecule has 0 fully saturated rings. The summed E-state index contributed by atoms with van der Waals surface area (Å²) in [5.41, 5.74) is 7.86. The first-order valence-electron chi connectivity index (χ1n) is 13.3. The molecule has 0 spiro atoms. The Morgan fingerprint density at radius 1 is 0.814 bits per heavy atom. The summed E-state index contributed by atoms with van der Waals surface area (Å²) >= 11 is 0. The Morgan fingerprint density at radius 3 is 1.91 bits per heavy atom. The molecule has 0 bridgehead atoms. The van der Waals surface area contributed by atoms with Gasteiger partial charge in [0.1, 0.15) is 17.8 Å². The third-order valence-electron chi connectivity index (χ3n) is 6.44. The van der Waals surface area contributed by atoms with Crippen LogP contribution in [-0.2, 0) is 48.5 Å². The molecular weight excluding hydrogens is 572 g/mol. The van der Waals surface area contributed by atoms with Gasteiger partial charge in [-0.25, -0.2) is 13.6 Å². The Balaban J connectivity index is 1.76. The van der Waals surface area contributed by atoms with E-state index in [0.29, 0.717) is 11.3 Å². The summed E-state index contributed by atoms with van der Waals surface area (Å²) in [6.45, 7) is 1.20. The van der Waals surface area contributed by atoms with E-state index in [1.165, 1.54) is 31.2 Å². The van der Waals surface area contributed by atoms with E-state index in [1.807, 2.05) is 30.3 Å². The molecule has 226 valence electrons. The number of sulfonamides is 1. The van der Waals surface area contributed by atoms with Crippen molar-refractivity contribution in [1.29, 1.82) is 0 Å². The van der Waals surface area contributed by atoms with Crippen molar-refractivity contribution in [3.8, 4) is 5.75 Å². The minimum atomic E-state index is -4.18. The Kier molecular flexibility index (Phi) is 11.3. The number of rotatable bonds is 14. The molecule has 3 amide bonds. The highest BCUT2D eigenvalue weighted by atomic mass is 32.2. The molecule has 12 heteroatoms. The van der Waals surface area contributed by atoms with Crippen LogP contribution in [0.5, 0.6) is 5.75 Å². The lowest BCUT2D eigenvalue weighted by Crippen LogP contribution is -2.54. The number of nitrogens with two attached hydrogens (primary N) is 2. The second-order valence-electron chi connectivity index (χ2n) is 9.86. The summed E-state index contributed by atoms with van der Waals surface area (Å²) in [4.78, 5) is 49.8. The molecule has 43 heavy (non-hydrogen) atoms. The third kappa shape index (κ3) is 10.2. The molecule has 0 heterocycles. The molecule has 0 radical (unpaired) electrons. The van der Waals surface area contributed by atoms with Gasteiger partial charge in [-0.3, -0.25) is 19.2 Å². The predicted molar refractivity (Wildman–Crippen MR) is 162 cm³/mol. The van der Waals surface area contributed by atoms with Crippen molar-refractivity contribution >= 4 is 38.4 Å². The van der Waals surface area contributed by atoms with Crippen LogP contribution in [0.4, 0.5) is 0 Å². The number of hydrogen-bond donors (Lipinski definition) is 4. The molecule has 0 aliphatic heterocycles. The van der Waals surface area contributed by atoms with Crippen LogP contribution in [-0.4, -0.2) is 51.1 Å². The first-order chi connectivity index (χ1) is 20.3. The van der Waals surface area contributed by atoms with E-state index in [9.17, 15) is 27.6 Å². The first-order valence-corrected chi connectivity index (χ1v) is 14.8. The topological polar surface area (TPSA) is 188 Å². The molecule has 2 atom stereocenters. The molecule has 0 aliphatic carbocycles. The van der Waals surface area contributed by atoms with Gasteiger partial charge in [-0.2, -0.15) is 0 Å². The van der Waals surface area contributed by atoms with Crippen molar-refractivity contribution < 1.29 is 32.3 Å². The van der Waals surface area contributed by atoms with Gasteiger partial charge in [0.15, 0.2) is 5.78 Å². The quantitative estimate of drug-likeness (QED) is 0.200. The zero-order valence-corrected chi connectivity index (χ0v) is 24.6. The van der Waals surface area contributed by atoms with Crippen LogP contribution in [0.1, 0.15) is 29.2 Å². The smallest absolute Gasteiger partial charge is 0.243 e. The van der Waals surface area contributed by atoms with Crippen molar-refractivity contribution in [3.05, 3.63) is 107 Å². The number of ether oxygens (including phenoxy) is 1. The minimum Gasteiger partial charge on any atom is -0.497 e. The Hall–Kier alpha value is -4.81. The number of methoxy groups -OCH3 is 1. The highest BCUT2D eigenvalue weighted by Crippen LogP contribution is 2.20. The maximum atomic E-state index is 13.4. The fourth-order valence-corrected chi connectivity index (χ4v) is 5.08. The molecule has 3 rings (SSSR count). The number of primary sulfonamides is 1. The second kappa shape index (κ2) is 14.9. The summed E-state index contributed by atoms with van der Waals surface area (Å²) in [5.74, 6) is -1.65. The zero-order chi connectivity index (χ0) is 31.6. The monoisotopic (exact) mass is 606 g/mol. The van der Waals surface area contributed by atoms with Crippen LogP contribution in [0.15, 0.2) is 84.9 Å². The number of hydrogen-bond acceptors (Lipinski definition) is 7. The Bertz CT molecular complexity index is 1590. The van der Waals surface area contributed by atoms with Gasteiger partial charge in [-0.15, -0.1) is 0 Å². The van der Waals surface area contributed by atoms with Gasteiger partial charge in [0.25, 0.3) is 0 Å². The molecule has 3 aromatic rings. The number of nitrogens with one attached hydrogen (secondary N) is 2. The maximum Gasteiger partial charge on any atom is 0.243 e.